The van der Waals surface area contributed by atoms with E-state index in [4.69, 9.17) is 4.74 Å². The van der Waals surface area contributed by atoms with Crippen molar-refractivity contribution in [2.24, 2.45) is 5.92 Å². The fourth-order valence-electron chi connectivity index (χ4n) is 3.21. The molecule has 1 aliphatic carbocycles. The molecule has 4 aromatic rings. The van der Waals surface area contributed by atoms with Crippen LogP contribution in [0.1, 0.15) is 40.2 Å². The van der Waals surface area contributed by atoms with Gasteiger partial charge in [0.1, 0.15) is 12.1 Å². The molecule has 5 rings (SSSR count). The zero-order valence-corrected chi connectivity index (χ0v) is 18.1. The second-order valence-electron chi connectivity index (χ2n) is 7.33. The second kappa shape index (κ2) is 8.55. The molecular weight excluding hydrogens is 450 g/mol. The number of nitrogens with zero attached hydrogens (tertiary/aromatic N) is 5. The quantitative estimate of drug-likeness (QED) is 0.443. The second-order valence-corrected chi connectivity index (χ2v) is 8.31. The van der Waals surface area contributed by atoms with E-state index in [-0.39, 0.29) is 16.3 Å². The van der Waals surface area contributed by atoms with Crippen molar-refractivity contribution in [2.45, 2.75) is 19.3 Å². The largest absolute Gasteiger partial charge is 0.496 e. The molecule has 3 heterocycles. The third-order valence-corrected chi connectivity index (χ3v) is 5.79. The summed E-state index contributed by atoms with van der Waals surface area (Å²) in [7, 11) is 1.43. The highest BCUT2D eigenvalue weighted by atomic mass is 32.1. The standard InChI is InChI=1S/C22H16F2N6O2S/c1-32-17-6-5-13(20(23)24)8-14(17)16-10-30-18(25-11-26-30)9-15(16)21(31)27-22-29-28-19(33-22)7-4-12-2-3-12/h5-6,8-12,20H,2-3H2,1H3,(H,27,29,31). The van der Waals surface area contributed by atoms with Gasteiger partial charge in [-0.2, -0.15) is 5.10 Å². The number of amides is 1. The number of pyridine rings is 1. The van der Waals surface area contributed by atoms with Gasteiger partial charge in [0.25, 0.3) is 12.3 Å². The number of carbonyl (C=O) groups is 1. The Morgan fingerprint density at radius 1 is 1.27 bits per heavy atom. The first-order valence-corrected chi connectivity index (χ1v) is 10.8. The van der Waals surface area contributed by atoms with Gasteiger partial charge in [-0.1, -0.05) is 17.3 Å². The summed E-state index contributed by atoms with van der Waals surface area (Å²) in [6.45, 7) is 0. The molecule has 0 spiro atoms. The monoisotopic (exact) mass is 466 g/mol. The minimum Gasteiger partial charge on any atom is -0.496 e. The van der Waals surface area contributed by atoms with Crippen molar-refractivity contribution in [3.8, 4) is 28.7 Å². The average molecular weight is 466 g/mol. The Balaban J connectivity index is 1.54. The number of nitrogens with one attached hydrogen (secondary N) is 1. The summed E-state index contributed by atoms with van der Waals surface area (Å²) in [5.74, 6) is 6.31. The molecule has 166 valence electrons. The van der Waals surface area contributed by atoms with Crippen molar-refractivity contribution >= 4 is 28.0 Å². The molecular formula is C22H16F2N6O2S. The summed E-state index contributed by atoms with van der Waals surface area (Å²) in [6.07, 6.45) is 2.40. The number of fused-ring (bicyclic) bond motifs is 1. The van der Waals surface area contributed by atoms with Gasteiger partial charge in [-0.15, -0.1) is 10.2 Å². The lowest BCUT2D eigenvalue weighted by atomic mass is 9.98. The van der Waals surface area contributed by atoms with Crippen LogP contribution in [0.5, 0.6) is 5.75 Å². The summed E-state index contributed by atoms with van der Waals surface area (Å²) in [6, 6.07) is 5.56. The molecule has 1 fully saturated rings. The van der Waals surface area contributed by atoms with Gasteiger partial charge in [-0.05, 0) is 43.0 Å². The van der Waals surface area contributed by atoms with E-state index in [9.17, 15) is 13.6 Å². The molecule has 0 atom stereocenters. The summed E-state index contributed by atoms with van der Waals surface area (Å²) in [5.41, 5.74) is 1.09. The Morgan fingerprint density at radius 3 is 2.88 bits per heavy atom. The topological polar surface area (TPSA) is 94.3 Å². The van der Waals surface area contributed by atoms with E-state index in [0.29, 0.717) is 33.4 Å². The molecule has 1 N–H and O–H groups in total. The molecule has 11 heteroatoms. The molecule has 1 aromatic carbocycles. The van der Waals surface area contributed by atoms with Crippen LogP contribution in [0.4, 0.5) is 13.9 Å². The molecule has 3 aromatic heterocycles. The molecule has 8 nitrogen and oxygen atoms in total. The average Bonchev–Trinajstić information content (AvgIpc) is 3.35. The molecule has 33 heavy (non-hydrogen) atoms. The van der Waals surface area contributed by atoms with Crippen LogP contribution in [-0.2, 0) is 0 Å². The van der Waals surface area contributed by atoms with Crippen molar-refractivity contribution in [3.05, 3.63) is 52.9 Å². The number of benzene rings is 1. The van der Waals surface area contributed by atoms with Crippen molar-refractivity contribution in [3.63, 3.8) is 0 Å². The SMILES string of the molecule is COc1ccc(C(F)F)cc1-c1cn2ncnc2cc1C(=O)Nc1nnc(C#CC2CC2)s1. The van der Waals surface area contributed by atoms with Crippen molar-refractivity contribution in [2.75, 3.05) is 12.4 Å². The van der Waals surface area contributed by atoms with Crippen LogP contribution in [0.2, 0.25) is 0 Å². The summed E-state index contributed by atoms with van der Waals surface area (Å²) < 4.78 is 33.6. The zero-order valence-electron chi connectivity index (χ0n) is 17.2. The van der Waals surface area contributed by atoms with E-state index in [1.807, 2.05) is 0 Å². The lowest BCUT2D eigenvalue weighted by Gasteiger charge is -2.14. The molecule has 1 aliphatic rings. The number of hydrogen-bond donors (Lipinski definition) is 1. The number of hydrogen-bond acceptors (Lipinski definition) is 7. The van der Waals surface area contributed by atoms with Crippen LogP contribution in [0.15, 0.2) is 36.8 Å². The molecule has 0 radical (unpaired) electrons. The number of carbonyl (C=O) groups excluding carboxylic acids is 1. The van der Waals surface area contributed by atoms with Crippen molar-refractivity contribution < 1.29 is 18.3 Å². The van der Waals surface area contributed by atoms with Gasteiger partial charge in [0.05, 0.1) is 12.7 Å². The van der Waals surface area contributed by atoms with E-state index in [0.717, 1.165) is 24.2 Å². The normalized spacial score (nSPS) is 13.1. The number of ether oxygens (including phenoxy) is 1. The molecule has 0 bridgehead atoms. The van der Waals surface area contributed by atoms with Gasteiger partial charge in [-0.3, -0.25) is 10.1 Å². The van der Waals surface area contributed by atoms with E-state index in [1.165, 1.54) is 42.2 Å². The zero-order chi connectivity index (χ0) is 22.9. The fourth-order valence-corrected chi connectivity index (χ4v) is 3.82. The first-order chi connectivity index (χ1) is 16.0. The predicted octanol–water partition coefficient (Wildman–Crippen LogP) is 4.21. The minimum absolute atomic E-state index is 0.195. The molecule has 0 aliphatic heterocycles. The molecule has 1 amide bonds. The highest BCUT2D eigenvalue weighted by Crippen LogP contribution is 2.36. The number of methoxy groups -OCH3 is 1. The highest BCUT2D eigenvalue weighted by Gasteiger charge is 2.22. The molecule has 0 saturated heterocycles. The highest BCUT2D eigenvalue weighted by molar-refractivity contribution is 7.15. The Hall–Kier alpha value is -3.91. The number of aromatic nitrogens is 5. The van der Waals surface area contributed by atoms with E-state index >= 15 is 0 Å². The van der Waals surface area contributed by atoms with E-state index < -0.39 is 12.3 Å². The van der Waals surface area contributed by atoms with Gasteiger partial charge in [0.2, 0.25) is 5.13 Å². The fraction of sp³-hybridized carbons (Fsp3) is 0.227. The first kappa shape index (κ1) is 21.0. The van der Waals surface area contributed by atoms with Crippen LogP contribution in [0.3, 0.4) is 0 Å². The van der Waals surface area contributed by atoms with Crippen molar-refractivity contribution in [1.82, 2.24) is 24.8 Å². The third-order valence-electron chi connectivity index (χ3n) is 5.03. The number of alkyl halides is 2. The number of anilines is 1. The van der Waals surface area contributed by atoms with Crippen LogP contribution < -0.4 is 10.1 Å². The summed E-state index contributed by atoms with van der Waals surface area (Å²) in [5, 5.41) is 15.6. The summed E-state index contributed by atoms with van der Waals surface area (Å²) in [4.78, 5) is 17.3. The Labute approximate surface area is 190 Å². The maximum atomic E-state index is 13.4. The van der Waals surface area contributed by atoms with E-state index in [2.05, 4.69) is 37.4 Å². The maximum Gasteiger partial charge on any atom is 0.263 e. The molecule has 0 unspecified atom stereocenters. The minimum atomic E-state index is -2.68. The van der Waals surface area contributed by atoms with Crippen molar-refractivity contribution in [1.29, 1.82) is 0 Å². The predicted molar refractivity (Wildman–Crippen MR) is 117 cm³/mol. The lowest BCUT2D eigenvalue weighted by molar-refractivity contribution is 0.102. The van der Waals surface area contributed by atoms with Gasteiger partial charge in [-0.25, -0.2) is 18.3 Å². The third kappa shape index (κ3) is 4.38. The van der Waals surface area contributed by atoms with Gasteiger partial charge < -0.3 is 4.74 Å². The number of halogens is 2. The van der Waals surface area contributed by atoms with Crippen LogP contribution in [0, 0.1) is 17.8 Å². The Bertz CT molecular complexity index is 1420. The van der Waals surface area contributed by atoms with Gasteiger partial charge >= 0.3 is 0 Å². The van der Waals surface area contributed by atoms with Crippen LogP contribution >= 0.6 is 11.3 Å². The Kier molecular flexibility index (Phi) is 5.43. The number of rotatable bonds is 5. The van der Waals surface area contributed by atoms with Crippen LogP contribution in [-0.4, -0.2) is 37.8 Å². The van der Waals surface area contributed by atoms with Gasteiger partial charge in [0.15, 0.2) is 10.7 Å². The smallest absolute Gasteiger partial charge is 0.263 e. The van der Waals surface area contributed by atoms with Gasteiger partial charge in [0, 0.05) is 28.8 Å². The lowest BCUT2D eigenvalue weighted by Crippen LogP contribution is -2.14. The molecule has 1 saturated carbocycles. The van der Waals surface area contributed by atoms with E-state index in [1.54, 1.807) is 6.20 Å². The van der Waals surface area contributed by atoms with Crippen LogP contribution in [0.25, 0.3) is 16.8 Å². The Morgan fingerprint density at radius 2 is 2.12 bits per heavy atom. The summed E-state index contributed by atoms with van der Waals surface area (Å²) >= 11 is 1.16. The maximum absolute atomic E-state index is 13.4. The first-order valence-electron chi connectivity index (χ1n) is 9.98.